The number of benzene rings is 3. The minimum Gasteiger partial charge on any atom is -0.508 e. The number of phenolic OH excluding ortho intramolecular Hbond substituents is 1. The highest BCUT2D eigenvalue weighted by Gasteiger charge is 2.25. The molecule has 0 spiro atoms. The second-order valence-corrected chi connectivity index (χ2v) is 8.94. The van der Waals surface area contributed by atoms with E-state index in [-0.39, 0.29) is 24.5 Å². The van der Waals surface area contributed by atoms with Gasteiger partial charge in [0.25, 0.3) is 5.91 Å². The number of pyridine rings is 1. The number of hydrogen-bond acceptors (Lipinski definition) is 6. The molecule has 38 heavy (non-hydrogen) atoms. The Kier molecular flexibility index (Phi) is 7.33. The van der Waals surface area contributed by atoms with Crippen molar-refractivity contribution < 1.29 is 24.2 Å². The Bertz CT molecular complexity index is 1580. The molecule has 0 unspecified atom stereocenters. The van der Waals surface area contributed by atoms with Crippen LogP contribution in [0.5, 0.6) is 5.75 Å². The van der Waals surface area contributed by atoms with Gasteiger partial charge in [-0.15, -0.1) is 0 Å². The van der Waals surface area contributed by atoms with Crippen molar-refractivity contribution in [2.24, 2.45) is 0 Å². The van der Waals surface area contributed by atoms with Crippen LogP contribution in [0.1, 0.15) is 21.6 Å². The predicted octanol–water partition coefficient (Wildman–Crippen LogP) is 4.58. The average Bonchev–Trinajstić information content (AvgIpc) is 3.26. The molecule has 1 amide bonds. The molecule has 0 saturated carbocycles. The smallest absolute Gasteiger partial charge is 0.329 e. The van der Waals surface area contributed by atoms with Crippen molar-refractivity contribution in [3.63, 3.8) is 0 Å². The molecule has 0 bridgehead atoms. The average molecular weight is 510 g/mol. The van der Waals surface area contributed by atoms with Gasteiger partial charge in [-0.3, -0.25) is 4.79 Å². The third-order valence-corrected chi connectivity index (χ3v) is 6.34. The summed E-state index contributed by atoms with van der Waals surface area (Å²) in [6.07, 6.45) is 1.83. The molecule has 3 aromatic carbocycles. The summed E-state index contributed by atoms with van der Waals surface area (Å²) < 4.78 is 12.9. The van der Waals surface area contributed by atoms with Crippen LogP contribution in [0.25, 0.3) is 21.8 Å². The van der Waals surface area contributed by atoms with E-state index < -0.39 is 17.9 Å². The largest absolute Gasteiger partial charge is 0.508 e. The summed E-state index contributed by atoms with van der Waals surface area (Å²) in [5.41, 5.74) is 3.60. The molecule has 0 aliphatic rings. The van der Waals surface area contributed by atoms with Crippen molar-refractivity contribution in [1.29, 1.82) is 0 Å². The van der Waals surface area contributed by atoms with Crippen LogP contribution in [0.15, 0.2) is 91.1 Å². The maximum absolute atomic E-state index is 13.3. The number of hydrogen-bond donors (Lipinski definition) is 2. The Morgan fingerprint density at radius 2 is 1.66 bits per heavy atom. The zero-order valence-corrected chi connectivity index (χ0v) is 20.8. The van der Waals surface area contributed by atoms with Crippen LogP contribution in [0.4, 0.5) is 0 Å². The van der Waals surface area contributed by atoms with Gasteiger partial charge in [0.2, 0.25) is 0 Å². The number of fused-ring (bicyclic) bond motifs is 3. The Morgan fingerprint density at radius 1 is 0.921 bits per heavy atom. The quantitative estimate of drug-likeness (QED) is 0.282. The molecule has 0 saturated heterocycles. The van der Waals surface area contributed by atoms with E-state index in [2.05, 4.69) is 10.3 Å². The molecule has 8 nitrogen and oxygen atoms in total. The minimum absolute atomic E-state index is 0.0881. The summed E-state index contributed by atoms with van der Waals surface area (Å²) in [5, 5.41) is 14.3. The lowest BCUT2D eigenvalue weighted by Crippen LogP contribution is -2.43. The number of esters is 1. The number of carbonyl (C=O) groups is 2. The Hall–Kier alpha value is -4.69. The number of nitrogens with one attached hydrogen (secondary N) is 1. The SMILES string of the molecule is COCn1c2ccccc2c2cc(C(=O)N[C@@H](Cc3ccc(O)cc3)C(=O)OCc3ccccc3)ncc21. The summed E-state index contributed by atoms with van der Waals surface area (Å²) in [4.78, 5) is 30.8. The number of nitrogens with zero attached hydrogens (tertiary/aromatic N) is 2. The number of aromatic nitrogens is 2. The number of ether oxygens (including phenoxy) is 2. The molecule has 0 fully saturated rings. The van der Waals surface area contributed by atoms with Gasteiger partial charge in [0, 0.05) is 24.3 Å². The van der Waals surface area contributed by atoms with Crippen molar-refractivity contribution in [3.05, 3.63) is 108 Å². The number of amides is 1. The molecular formula is C30H27N3O5. The molecular weight excluding hydrogens is 482 g/mol. The maximum Gasteiger partial charge on any atom is 0.329 e. The standard InChI is InChI=1S/C30H27N3O5/c1-37-19-33-27-10-6-5-9-23(27)24-16-25(31-17-28(24)33)29(35)32-26(15-20-11-13-22(34)14-12-20)30(36)38-18-21-7-3-2-4-8-21/h2-14,16-17,26,34H,15,18-19H2,1H3,(H,32,35)/t26-/m0/s1. The molecule has 2 aromatic heterocycles. The van der Waals surface area contributed by atoms with Crippen molar-refractivity contribution in [2.45, 2.75) is 25.8 Å². The number of aromatic hydroxyl groups is 1. The number of para-hydroxylation sites is 1. The summed E-state index contributed by atoms with van der Waals surface area (Å²) in [6.45, 7) is 0.435. The van der Waals surface area contributed by atoms with Gasteiger partial charge < -0.3 is 24.5 Å². The zero-order chi connectivity index (χ0) is 26.5. The molecule has 1 atom stereocenters. The summed E-state index contributed by atoms with van der Waals surface area (Å²) in [7, 11) is 1.63. The minimum atomic E-state index is -0.955. The highest BCUT2D eigenvalue weighted by atomic mass is 16.5. The molecule has 192 valence electrons. The first-order valence-corrected chi connectivity index (χ1v) is 12.2. The van der Waals surface area contributed by atoms with Crippen molar-refractivity contribution in [3.8, 4) is 5.75 Å². The number of rotatable bonds is 9. The molecule has 2 N–H and O–H groups in total. The molecule has 2 heterocycles. The topological polar surface area (TPSA) is 103 Å². The van der Waals surface area contributed by atoms with Crippen LogP contribution < -0.4 is 5.32 Å². The van der Waals surface area contributed by atoms with Crippen molar-refractivity contribution in [1.82, 2.24) is 14.9 Å². The first kappa shape index (κ1) is 25.0. The van der Waals surface area contributed by atoms with E-state index in [1.807, 2.05) is 59.2 Å². The molecule has 0 aliphatic heterocycles. The Morgan fingerprint density at radius 3 is 2.42 bits per heavy atom. The van der Waals surface area contributed by atoms with Gasteiger partial charge in [-0.05, 0) is 35.4 Å². The van der Waals surface area contributed by atoms with Gasteiger partial charge in [0.1, 0.15) is 30.8 Å². The van der Waals surface area contributed by atoms with Crippen LogP contribution in [-0.4, -0.2) is 39.7 Å². The lowest BCUT2D eigenvalue weighted by molar-refractivity contribution is -0.147. The van der Waals surface area contributed by atoms with Crippen LogP contribution in [0.2, 0.25) is 0 Å². The van der Waals surface area contributed by atoms with E-state index in [4.69, 9.17) is 9.47 Å². The number of phenols is 1. The van der Waals surface area contributed by atoms with E-state index in [1.54, 1.807) is 31.5 Å². The third-order valence-electron chi connectivity index (χ3n) is 6.34. The van der Waals surface area contributed by atoms with Crippen LogP contribution in [0, 0.1) is 0 Å². The fourth-order valence-corrected chi connectivity index (χ4v) is 4.46. The van der Waals surface area contributed by atoms with Gasteiger partial charge in [-0.2, -0.15) is 0 Å². The molecule has 0 aliphatic carbocycles. The monoisotopic (exact) mass is 509 g/mol. The Labute approximate surface area is 219 Å². The van der Waals surface area contributed by atoms with Gasteiger partial charge >= 0.3 is 5.97 Å². The summed E-state index contributed by atoms with van der Waals surface area (Å²) >= 11 is 0. The van der Waals surface area contributed by atoms with Gasteiger partial charge in [0.15, 0.2) is 0 Å². The fraction of sp³-hybridized carbons (Fsp3) is 0.167. The number of carbonyl (C=O) groups excluding carboxylic acids is 2. The van der Waals surface area contributed by atoms with E-state index in [0.717, 1.165) is 32.9 Å². The molecule has 0 radical (unpaired) electrons. The van der Waals surface area contributed by atoms with Crippen LogP contribution in [0.3, 0.4) is 0 Å². The van der Waals surface area contributed by atoms with Crippen molar-refractivity contribution in [2.75, 3.05) is 7.11 Å². The third kappa shape index (κ3) is 5.35. The Balaban J connectivity index is 1.41. The summed E-state index contributed by atoms with van der Waals surface area (Å²) in [6, 6.07) is 24.5. The zero-order valence-electron chi connectivity index (χ0n) is 20.8. The van der Waals surface area contributed by atoms with Gasteiger partial charge in [-0.25, -0.2) is 9.78 Å². The second kappa shape index (κ2) is 11.1. The number of methoxy groups -OCH3 is 1. The maximum atomic E-state index is 13.3. The van der Waals surface area contributed by atoms with E-state index in [9.17, 15) is 14.7 Å². The highest BCUT2D eigenvalue weighted by molar-refractivity contribution is 6.10. The van der Waals surface area contributed by atoms with E-state index in [1.165, 1.54) is 12.1 Å². The molecule has 5 aromatic rings. The lowest BCUT2D eigenvalue weighted by atomic mass is 10.1. The first-order valence-electron chi connectivity index (χ1n) is 12.2. The van der Waals surface area contributed by atoms with E-state index >= 15 is 0 Å². The normalized spacial score (nSPS) is 11.9. The van der Waals surface area contributed by atoms with Crippen molar-refractivity contribution >= 4 is 33.7 Å². The lowest BCUT2D eigenvalue weighted by Gasteiger charge is -2.18. The molecule has 5 rings (SSSR count). The first-order chi connectivity index (χ1) is 18.5. The summed E-state index contributed by atoms with van der Waals surface area (Å²) in [5.74, 6) is -0.935. The second-order valence-electron chi connectivity index (χ2n) is 8.94. The van der Waals surface area contributed by atoms with Crippen LogP contribution in [-0.2, 0) is 34.0 Å². The van der Waals surface area contributed by atoms with Crippen LogP contribution >= 0.6 is 0 Å². The van der Waals surface area contributed by atoms with Gasteiger partial charge in [0.05, 0.1) is 17.2 Å². The van der Waals surface area contributed by atoms with E-state index in [0.29, 0.717) is 6.73 Å². The highest BCUT2D eigenvalue weighted by Crippen LogP contribution is 2.29. The van der Waals surface area contributed by atoms with Gasteiger partial charge in [-0.1, -0.05) is 60.7 Å². The predicted molar refractivity (Wildman–Crippen MR) is 144 cm³/mol. The molecule has 8 heteroatoms. The fourth-order valence-electron chi connectivity index (χ4n) is 4.46.